The van der Waals surface area contributed by atoms with Crippen molar-refractivity contribution in [3.8, 4) is 5.75 Å². The van der Waals surface area contributed by atoms with Crippen LogP contribution in [0.25, 0.3) is 0 Å². The second kappa shape index (κ2) is 13.4. The summed E-state index contributed by atoms with van der Waals surface area (Å²) in [5.74, 6) is -4.92. The van der Waals surface area contributed by atoms with Gasteiger partial charge >= 0.3 is 11.9 Å². The molecule has 8 N–H and O–H groups in total. The minimum Gasteiger partial charge on any atom is -0.508 e. The Balaban J connectivity index is 2.08. The van der Waals surface area contributed by atoms with Crippen LogP contribution < -0.4 is 21.7 Å². The summed E-state index contributed by atoms with van der Waals surface area (Å²) in [6.45, 7) is -0.569. The summed E-state index contributed by atoms with van der Waals surface area (Å²) in [6.07, 6.45) is -0.647. The lowest BCUT2D eigenvalue weighted by atomic mass is 10.0. The van der Waals surface area contributed by atoms with Gasteiger partial charge in [-0.15, -0.1) is 0 Å². The Morgan fingerprint density at radius 1 is 0.778 bits per heavy atom. The normalized spacial score (nSPS) is 13.0. The van der Waals surface area contributed by atoms with Gasteiger partial charge in [-0.05, 0) is 23.3 Å². The number of aliphatic carboxylic acids is 2. The molecule has 0 radical (unpaired) electrons. The third kappa shape index (κ3) is 9.43. The van der Waals surface area contributed by atoms with Crippen molar-refractivity contribution in [2.45, 2.75) is 37.4 Å². The van der Waals surface area contributed by atoms with Gasteiger partial charge in [-0.1, -0.05) is 42.5 Å². The standard InChI is InChI=1S/C24H28N4O8/c25-17(12-21(31)32)22(33)26-13-20(30)27-18(10-14-4-2-1-3-5-14)23(34)28-19(24(35)36)11-15-6-8-16(29)9-7-15/h1-9,17-19,29H,10-13,25H2,(H,26,33)(H,27,30)(H,28,34)(H,31,32)(H,35,36). The van der Waals surface area contributed by atoms with Gasteiger partial charge in [0.1, 0.15) is 17.8 Å². The number of hydrogen-bond donors (Lipinski definition) is 7. The van der Waals surface area contributed by atoms with Crippen LogP contribution in [0.15, 0.2) is 54.6 Å². The van der Waals surface area contributed by atoms with E-state index in [1.165, 1.54) is 24.3 Å². The fourth-order valence-corrected chi connectivity index (χ4v) is 3.22. The molecule has 0 spiro atoms. The van der Waals surface area contributed by atoms with Crippen LogP contribution in [0.5, 0.6) is 5.75 Å². The molecule has 3 amide bonds. The van der Waals surface area contributed by atoms with Crippen molar-refractivity contribution in [3.63, 3.8) is 0 Å². The molecular weight excluding hydrogens is 472 g/mol. The van der Waals surface area contributed by atoms with Crippen LogP contribution in [0.3, 0.4) is 0 Å². The molecule has 0 bridgehead atoms. The molecule has 0 saturated heterocycles. The quantitative estimate of drug-likeness (QED) is 0.182. The molecule has 0 aliphatic carbocycles. The highest BCUT2D eigenvalue weighted by Crippen LogP contribution is 2.12. The van der Waals surface area contributed by atoms with Crippen molar-refractivity contribution >= 4 is 29.7 Å². The predicted octanol–water partition coefficient (Wildman–Crippen LogP) is -0.850. The number of rotatable bonds is 13. The molecule has 2 aromatic carbocycles. The zero-order valence-corrected chi connectivity index (χ0v) is 19.2. The van der Waals surface area contributed by atoms with Crippen LogP contribution in [0.4, 0.5) is 0 Å². The van der Waals surface area contributed by atoms with Gasteiger partial charge in [0, 0.05) is 12.8 Å². The van der Waals surface area contributed by atoms with Crippen LogP contribution in [-0.4, -0.2) is 69.7 Å². The summed E-state index contributed by atoms with van der Waals surface area (Å²) in [6, 6.07) is 10.7. The van der Waals surface area contributed by atoms with Gasteiger partial charge in [-0.2, -0.15) is 0 Å². The van der Waals surface area contributed by atoms with Crippen molar-refractivity contribution in [1.29, 1.82) is 0 Å². The molecule has 2 aromatic rings. The highest BCUT2D eigenvalue weighted by molar-refractivity contribution is 5.93. The van der Waals surface area contributed by atoms with E-state index < -0.39 is 60.8 Å². The summed E-state index contributed by atoms with van der Waals surface area (Å²) in [7, 11) is 0. The first-order valence-corrected chi connectivity index (χ1v) is 10.9. The molecule has 3 atom stereocenters. The molecule has 2 rings (SSSR count). The number of amides is 3. The number of carboxylic acid groups (broad SMARTS) is 2. The number of benzene rings is 2. The van der Waals surface area contributed by atoms with E-state index in [2.05, 4.69) is 16.0 Å². The second-order valence-electron chi connectivity index (χ2n) is 8.00. The molecule has 0 saturated carbocycles. The monoisotopic (exact) mass is 500 g/mol. The maximum atomic E-state index is 13.0. The Bertz CT molecular complexity index is 1080. The van der Waals surface area contributed by atoms with Gasteiger partial charge in [0.2, 0.25) is 17.7 Å². The van der Waals surface area contributed by atoms with Crippen LogP contribution in [0, 0.1) is 0 Å². The van der Waals surface area contributed by atoms with Gasteiger partial charge in [0.15, 0.2) is 0 Å². The zero-order valence-electron chi connectivity index (χ0n) is 19.2. The number of carbonyl (C=O) groups excluding carboxylic acids is 3. The van der Waals surface area contributed by atoms with Crippen molar-refractivity contribution in [2.75, 3.05) is 6.54 Å². The van der Waals surface area contributed by atoms with Crippen LogP contribution in [-0.2, 0) is 36.8 Å². The average Bonchev–Trinajstić information content (AvgIpc) is 2.83. The van der Waals surface area contributed by atoms with Crippen molar-refractivity contribution in [2.24, 2.45) is 5.73 Å². The van der Waals surface area contributed by atoms with E-state index in [-0.39, 0.29) is 18.6 Å². The topological polar surface area (TPSA) is 208 Å². The fourth-order valence-electron chi connectivity index (χ4n) is 3.22. The third-order valence-corrected chi connectivity index (χ3v) is 5.08. The minimum absolute atomic E-state index is 0.0105. The van der Waals surface area contributed by atoms with Gasteiger partial charge < -0.3 is 37.0 Å². The Morgan fingerprint density at radius 2 is 1.36 bits per heavy atom. The molecule has 12 nitrogen and oxygen atoms in total. The van der Waals surface area contributed by atoms with E-state index in [9.17, 15) is 34.2 Å². The molecular formula is C24H28N4O8. The number of carbonyl (C=O) groups is 5. The Labute approximate surface area is 206 Å². The smallest absolute Gasteiger partial charge is 0.326 e. The number of nitrogens with two attached hydrogens (primary N) is 1. The van der Waals surface area contributed by atoms with Gasteiger partial charge in [-0.3, -0.25) is 19.2 Å². The highest BCUT2D eigenvalue weighted by Gasteiger charge is 2.27. The van der Waals surface area contributed by atoms with Gasteiger partial charge in [0.25, 0.3) is 0 Å². The van der Waals surface area contributed by atoms with Crippen molar-refractivity contribution in [3.05, 3.63) is 65.7 Å². The number of phenols is 1. The van der Waals surface area contributed by atoms with E-state index >= 15 is 0 Å². The number of phenolic OH excluding ortho intramolecular Hbond substituents is 1. The minimum atomic E-state index is -1.35. The first kappa shape index (κ1) is 27.8. The first-order valence-electron chi connectivity index (χ1n) is 10.9. The predicted molar refractivity (Wildman–Crippen MR) is 127 cm³/mol. The molecule has 0 aliphatic rings. The molecule has 0 heterocycles. The van der Waals surface area contributed by atoms with Crippen molar-refractivity contribution < 1.29 is 39.3 Å². The molecule has 12 heteroatoms. The first-order chi connectivity index (χ1) is 17.0. The highest BCUT2D eigenvalue weighted by atomic mass is 16.4. The summed E-state index contributed by atoms with van der Waals surface area (Å²) in [5, 5.41) is 34.8. The SMILES string of the molecule is NC(CC(=O)O)C(=O)NCC(=O)NC(Cc1ccccc1)C(=O)NC(Cc1ccc(O)cc1)C(=O)O. The third-order valence-electron chi connectivity index (χ3n) is 5.08. The maximum absolute atomic E-state index is 13.0. The summed E-state index contributed by atoms with van der Waals surface area (Å²) >= 11 is 0. The lowest BCUT2D eigenvalue weighted by Crippen LogP contribution is -2.55. The number of nitrogens with one attached hydrogen (secondary N) is 3. The Hall–Kier alpha value is -4.45. The van der Waals surface area contributed by atoms with E-state index in [1.807, 2.05) is 0 Å². The molecule has 36 heavy (non-hydrogen) atoms. The molecule has 0 aromatic heterocycles. The van der Waals surface area contributed by atoms with E-state index in [1.54, 1.807) is 30.3 Å². The Kier molecular flexibility index (Phi) is 10.4. The second-order valence-corrected chi connectivity index (χ2v) is 8.00. The molecule has 0 fully saturated rings. The van der Waals surface area contributed by atoms with Crippen LogP contribution >= 0.6 is 0 Å². The largest absolute Gasteiger partial charge is 0.508 e. The van der Waals surface area contributed by atoms with Crippen LogP contribution in [0.2, 0.25) is 0 Å². The number of aromatic hydroxyl groups is 1. The zero-order chi connectivity index (χ0) is 26.7. The van der Waals surface area contributed by atoms with Crippen molar-refractivity contribution in [1.82, 2.24) is 16.0 Å². The summed E-state index contributed by atoms with van der Waals surface area (Å²) in [5.41, 5.74) is 6.70. The van der Waals surface area contributed by atoms with E-state index in [4.69, 9.17) is 10.8 Å². The summed E-state index contributed by atoms with van der Waals surface area (Å²) in [4.78, 5) is 59.8. The van der Waals surface area contributed by atoms with E-state index in [0.717, 1.165) is 0 Å². The number of carboxylic acids is 2. The van der Waals surface area contributed by atoms with Gasteiger partial charge in [0.05, 0.1) is 19.0 Å². The van der Waals surface area contributed by atoms with E-state index in [0.29, 0.717) is 11.1 Å². The lowest BCUT2D eigenvalue weighted by molar-refractivity contribution is -0.142. The molecule has 192 valence electrons. The van der Waals surface area contributed by atoms with Crippen LogP contribution in [0.1, 0.15) is 17.5 Å². The molecule has 0 aliphatic heterocycles. The maximum Gasteiger partial charge on any atom is 0.326 e. The fraction of sp³-hybridized carbons (Fsp3) is 0.292. The van der Waals surface area contributed by atoms with Gasteiger partial charge in [-0.25, -0.2) is 4.79 Å². The average molecular weight is 501 g/mol. The lowest BCUT2D eigenvalue weighted by Gasteiger charge is -2.22. The summed E-state index contributed by atoms with van der Waals surface area (Å²) < 4.78 is 0. The Morgan fingerprint density at radius 3 is 1.94 bits per heavy atom. The molecule has 3 unspecified atom stereocenters. The number of hydrogen-bond acceptors (Lipinski definition) is 7.